The van der Waals surface area contributed by atoms with Crippen molar-refractivity contribution in [1.29, 1.82) is 0 Å². The average Bonchev–Trinajstić information content (AvgIpc) is 2.26. The molecule has 0 saturated heterocycles. The van der Waals surface area contributed by atoms with E-state index < -0.39 is 5.97 Å². The van der Waals surface area contributed by atoms with Gasteiger partial charge in [0.15, 0.2) is 0 Å². The van der Waals surface area contributed by atoms with Crippen LogP contribution in [-0.2, 0) is 5.41 Å². The van der Waals surface area contributed by atoms with Crippen LogP contribution in [0.4, 0.5) is 0 Å². The molecular weight excluding hydrogens is 300 g/mol. The lowest BCUT2D eigenvalue weighted by molar-refractivity contribution is 0.0693. The Bertz CT molecular complexity index is 475. The second-order valence-corrected chi connectivity index (χ2v) is 5.70. The molecule has 0 aliphatic rings. The summed E-state index contributed by atoms with van der Waals surface area (Å²) in [5, 5.41) is 9.33. The molecule has 1 N–H and O–H groups in total. The maximum Gasteiger partial charge on any atom is 0.336 e. The van der Waals surface area contributed by atoms with Gasteiger partial charge in [-0.15, -0.1) is 0 Å². The molecule has 0 fully saturated rings. The van der Waals surface area contributed by atoms with E-state index in [-0.39, 0.29) is 11.0 Å². The van der Waals surface area contributed by atoms with Gasteiger partial charge in [-0.1, -0.05) is 20.8 Å². The zero-order chi connectivity index (χ0) is 14.1. The number of carboxylic acids is 1. The zero-order valence-corrected chi connectivity index (χ0v) is 12.7. The SMILES string of the molecule is COc1cc(C(=O)O)c(C(C)(C)C)c(OC)c1Br. The predicted molar refractivity (Wildman–Crippen MR) is 72.9 cm³/mol. The number of methoxy groups -OCH3 is 2. The van der Waals surface area contributed by atoms with Crippen LogP contribution < -0.4 is 9.47 Å². The second-order valence-electron chi connectivity index (χ2n) is 4.90. The average molecular weight is 317 g/mol. The Morgan fingerprint density at radius 1 is 1.28 bits per heavy atom. The van der Waals surface area contributed by atoms with Crippen molar-refractivity contribution in [3.63, 3.8) is 0 Å². The van der Waals surface area contributed by atoms with Crippen LogP contribution in [0.3, 0.4) is 0 Å². The Labute approximate surface area is 115 Å². The van der Waals surface area contributed by atoms with Crippen molar-refractivity contribution in [2.45, 2.75) is 26.2 Å². The minimum absolute atomic E-state index is 0.194. The third kappa shape index (κ3) is 2.61. The van der Waals surface area contributed by atoms with Crippen LogP contribution in [0, 0.1) is 0 Å². The first-order chi connectivity index (χ1) is 8.23. The van der Waals surface area contributed by atoms with Crippen LogP contribution in [0.1, 0.15) is 36.7 Å². The molecule has 0 aliphatic heterocycles. The fourth-order valence-corrected chi connectivity index (χ4v) is 2.50. The molecule has 100 valence electrons. The molecule has 0 unspecified atom stereocenters. The number of hydrogen-bond acceptors (Lipinski definition) is 3. The fraction of sp³-hybridized carbons (Fsp3) is 0.462. The summed E-state index contributed by atoms with van der Waals surface area (Å²) in [7, 11) is 3.00. The number of halogens is 1. The number of carbonyl (C=O) groups is 1. The highest BCUT2D eigenvalue weighted by molar-refractivity contribution is 9.10. The molecule has 1 aromatic rings. The van der Waals surface area contributed by atoms with Gasteiger partial charge >= 0.3 is 5.97 Å². The van der Waals surface area contributed by atoms with Gasteiger partial charge in [-0.2, -0.15) is 0 Å². The smallest absolute Gasteiger partial charge is 0.336 e. The van der Waals surface area contributed by atoms with Crippen LogP contribution in [0.15, 0.2) is 10.5 Å². The molecular formula is C13H17BrO4. The molecule has 1 aromatic carbocycles. The Morgan fingerprint density at radius 3 is 2.17 bits per heavy atom. The fourth-order valence-electron chi connectivity index (χ4n) is 1.86. The van der Waals surface area contributed by atoms with Gasteiger partial charge in [0.2, 0.25) is 0 Å². The molecule has 0 bridgehead atoms. The third-order valence-corrected chi connectivity index (χ3v) is 3.34. The van der Waals surface area contributed by atoms with Gasteiger partial charge in [-0.05, 0) is 27.4 Å². The summed E-state index contributed by atoms with van der Waals surface area (Å²) in [5.74, 6) is -0.0551. The summed E-state index contributed by atoms with van der Waals surface area (Å²) in [6.07, 6.45) is 0. The molecule has 0 amide bonds. The van der Waals surface area contributed by atoms with Crippen molar-refractivity contribution in [1.82, 2.24) is 0 Å². The van der Waals surface area contributed by atoms with E-state index >= 15 is 0 Å². The summed E-state index contributed by atoms with van der Waals surface area (Å²) in [4.78, 5) is 11.4. The maximum absolute atomic E-state index is 11.4. The van der Waals surface area contributed by atoms with E-state index in [1.165, 1.54) is 20.3 Å². The van der Waals surface area contributed by atoms with Crippen molar-refractivity contribution in [3.8, 4) is 11.5 Å². The molecule has 0 saturated carbocycles. The van der Waals surface area contributed by atoms with Crippen molar-refractivity contribution >= 4 is 21.9 Å². The van der Waals surface area contributed by atoms with E-state index in [0.717, 1.165) is 0 Å². The van der Waals surface area contributed by atoms with Gasteiger partial charge in [0.1, 0.15) is 16.0 Å². The highest BCUT2D eigenvalue weighted by Gasteiger charge is 2.29. The minimum Gasteiger partial charge on any atom is -0.495 e. The van der Waals surface area contributed by atoms with Crippen molar-refractivity contribution in [3.05, 3.63) is 21.7 Å². The van der Waals surface area contributed by atoms with Gasteiger partial charge in [-0.3, -0.25) is 0 Å². The number of benzene rings is 1. The summed E-state index contributed by atoms with van der Waals surface area (Å²) < 4.78 is 11.1. The number of ether oxygens (including phenoxy) is 2. The van der Waals surface area contributed by atoms with Gasteiger partial charge in [0.25, 0.3) is 0 Å². The van der Waals surface area contributed by atoms with Gasteiger partial charge in [-0.25, -0.2) is 4.79 Å². The van der Waals surface area contributed by atoms with Crippen LogP contribution in [0.5, 0.6) is 11.5 Å². The first kappa shape index (κ1) is 14.8. The van der Waals surface area contributed by atoms with E-state index in [1.807, 2.05) is 20.8 Å². The Morgan fingerprint density at radius 2 is 1.83 bits per heavy atom. The summed E-state index contributed by atoms with van der Waals surface area (Å²) in [6.45, 7) is 5.82. The molecule has 0 aromatic heterocycles. The number of aromatic carboxylic acids is 1. The lowest BCUT2D eigenvalue weighted by atomic mass is 9.82. The molecule has 1 rings (SSSR count). The van der Waals surface area contributed by atoms with E-state index in [9.17, 15) is 9.90 Å². The number of rotatable bonds is 3. The van der Waals surface area contributed by atoms with Gasteiger partial charge < -0.3 is 14.6 Å². The van der Waals surface area contributed by atoms with E-state index in [1.54, 1.807) is 0 Å². The predicted octanol–water partition coefficient (Wildman–Crippen LogP) is 3.46. The van der Waals surface area contributed by atoms with Crippen molar-refractivity contribution in [2.24, 2.45) is 0 Å². The molecule has 18 heavy (non-hydrogen) atoms. The molecule has 0 aliphatic carbocycles. The minimum atomic E-state index is -0.996. The number of hydrogen-bond donors (Lipinski definition) is 1. The summed E-state index contributed by atoms with van der Waals surface area (Å²) in [5.41, 5.74) is 0.484. The van der Waals surface area contributed by atoms with E-state index in [2.05, 4.69) is 15.9 Å². The van der Waals surface area contributed by atoms with Crippen molar-refractivity contribution in [2.75, 3.05) is 14.2 Å². The molecule has 0 spiro atoms. The Balaban J connectivity index is 3.75. The quantitative estimate of drug-likeness (QED) is 0.927. The highest BCUT2D eigenvalue weighted by atomic mass is 79.9. The Kier molecular flexibility index (Phi) is 4.27. The third-order valence-electron chi connectivity index (χ3n) is 2.59. The van der Waals surface area contributed by atoms with Crippen molar-refractivity contribution < 1.29 is 19.4 Å². The number of carboxylic acid groups (broad SMARTS) is 1. The lowest BCUT2D eigenvalue weighted by Crippen LogP contribution is -2.19. The van der Waals surface area contributed by atoms with Crippen LogP contribution >= 0.6 is 15.9 Å². The van der Waals surface area contributed by atoms with Gasteiger partial charge in [0, 0.05) is 5.56 Å². The van der Waals surface area contributed by atoms with E-state index in [4.69, 9.17) is 9.47 Å². The molecule has 4 nitrogen and oxygen atoms in total. The monoisotopic (exact) mass is 316 g/mol. The van der Waals surface area contributed by atoms with Crippen LogP contribution in [0.2, 0.25) is 0 Å². The first-order valence-corrected chi connectivity index (χ1v) is 6.21. The molecule has 0 atom stereocenters. The summed E-state index contributed by atoms with van der Waals surface area (Å²) >= 11 is 3.39. The van der Waals surface area contributed by atoms with Crippen LogP contribution in [0.25, 0.3) is 0 Å². The maximum atomic E-state index is 11.4. The normalized spacial score (nSPS) is 11.2. The first-order valence-electron chi connectivity index (χ1n) is 5.42. The lowest BCUT2D eigenvalue weighted by Gasteiger charge is -2.26. The largest absolute Gasteiger partial charge is 0.495 e. The Hall–Kier alpha value is -1.23. The zero-order valence-electron chi connectivity index (χ0n) is 11.1. The van der Waals surface area contributed by atoms with Gasteiger partial charge in [0.05, 0.1) is 19.8 Å². The highest BCUT2D eigenvalue weighted by Crippen LogP contribution is 2.44. The second kappa shape index (κ2) is 5.18. The standard InChI is InChI=1S/C13H17BrO4/c1-13(2,3)9-7(12(15)16)6-8(17-4)10(14)11(9)18-5/h6H,1-5H3,(H,15,16). The van der Waals surface area contributed by atoms with Crippen LogP contribution in [-0.4, -0.2) is 25.3 Å². The molecule has 5 heteroatoms. The molecule has 0 radical (unpaired) electrons. The molecule has 0 heterocycles. The summed E-state index contributed by atoms with van der Waals surface area (Å²) in [6, 6.07) is 1.51. The van der Waals surface area contributed by atoms with E-state index in [0.29, 0.717) is 21.5 Å². The topological polar surface area (TPSA) is 55.8 Å².